The molecule has 100 valence electrons. The van der Waals surface area contributed by atoms with Crippen LogP contribution in [-0.4, -0.2) is 28.2 Å². The molecule has 1 aliphatic rings. The third-order valence-corrected chi connectivity index (χ3v) is 4.11. The molecule has 1 saturated heterocycles. The monoisotopic (exact) mass is 255 g/mol. The topological polar surface area (TPSA) is 31.9 Å². The third-order valence-electron chi connectivity index (χ3n) is 4.11. The molecule has 1 fully saturated rings. The van der Waals surface area contributed by atoms with Crippen LogP contribution in [0.15, 0.2) is 24.4 Å². The minimum Gasteiger partial charge on any atom is -0.299 e. The van der Waals surface area contributed by atoms with Crippen LogP contribution in [0.4, 0.5) is 0 Å². The summed E-state index contributed by atoms with van der Waals surface area (Å²) in [6, 6.07) is 6.62. The number of H-pyrrole nitrogens is 1. The maximum absolute atomic E-state index is 4.24. The van der Waals surface area contributed by atoms with Crippen molar-refractivity contribution in [2.24, 2.45) is 0 Å². The molecule has 0 amide bonds. The maximum Gasteiger partial charge on any atom is 0.0695 e. The van der Waals surface area contributed by atoms with Crippen LogP contribution in [0.25, 0.3) is 11.3 Å². The lowest BCUT2D eigenvalue weighted by Gasteiger charge is -2.14. The first-order valence-corrected chi connectivity index (χ1v) is 7.06. The fraction of sp³-hybridized carbons (Fsp3) is 0.438. The number of aryl methyl sites for hydroxylation is 2. The molecule has 2 heterocycles. The first kappa shape index (κ1) is 12.4. The smallest absolute Gasteiger partial charge is 0.0695 e. The van der Waals surface area contributed by atoms with Crippen LogP contribution in [0, 0.1) is 13.8 Å². The van der Waals surface area contributed by atoms with Gasteiger partial charge in [-0.05, 0) is 57.0 Å². The zero-order chi connectivity index (χ0) is 13.2. The van der Waals surface area contributed by atoms with E-state index in [9.17, 15) is 0 Å². The Morgan fingerprint density at radius 2 is 1.95 bits per heavy atom. The van der Waals surface area contributed by atoms with Crippen LogP contribution in [0.2, 0.25) is 0 Å². The van der Waals surface area contributed by atoms with Gasteiger partial charge in [-0.15, -0.1) is 0 Å². The van der Waals surface area contributed by atoms with Crippen molar-refractivity contribution in [3.63, 3.8) is 0 Å². The molecule has 0 aliphatic carbocycles. The largest absolute Gasteiger partial charge is 0.299 e. The quantitative estimate of drug-likeness (QED) is 0.912. The third kappa shape index (κ3) is 2.56. The molecule has 19 heavy (non-hydrogen) atoms. The normalized spacial score (nSPS) is 16.1. The van der Waals surface area contributed by atoms with Crippen molar-refractivity contribution in [1.29, 1.82) is 0 Å². The summed E-state index contributed by atoms with van der Waals surface area (Å²) < 4.78 is 0. The van der Waals surface area contributed by atoms with E-state index in [1.807, 2.05) is 6.20 Å². The molecular formula is C16H21N3. The molecule has 1 N–H and O–H groups in total. The summed E-state index contributed by atoms with van der Waals surface area (Å²) in [7, 11) is 0. The van der Waals surface area contributed by atoms with E-state index >= 15 is 0 Å². The molecular weight excluding hydrogens is 234 g/mol. The molecule has 1 aromatic carbocycles. The van der Waals surface area contributed by atoms with E-state index in [4.69, 9.17) is 0 Å². The summed E-state index contributed by atoms with van der Waals surface area (Å²) in [5, 5.41) is 7.41. The van der Waals surface area contributed by atoms with Gasteiger partial charge in [-0.2, -0.15) is 5.10 Å². The highest BCUT2D eigenvalue weighted by molar-refractivity contribution is 5.64. The standard InChI is InChI=1S/C16H21N3/c1-12-5-6-14(9-13(12)2)16-15(10-17-18-16)11-19-7-3-4-8-19/h5-6,9-10H,3-4,7-8,11H2,1-2H3,(H,17,18). The Morgan fingerprint density at radius 3 is 2.68 bits per heavy atom. The average Bonchev–Trinajstić information content (AvgIpc) is 3.05. The van der Waals surface area contributed by atoms with E-state index < -0.39 is 0 Å². The number of hydrogen-bond donors (Lipinski definition) is 1. The zero-order valence-electron chi connectivity index (χ0n) is 11.7. The van der Waals surface area contributed by atoms with Crippen molar-refractivity contribution in [2.75, 3.05) is 13.1 Å². The Labute approximate surface area is 114 Å². The van der Waals surface area contributed by atoms with Crippen LogP contribution in [0.3, 0.4) is 0 Å². The van der Waals surface area contributed by atoms with Gasteiger partial charge in [0.2, 0.25) is 0 Å². The van der Waals surface area contributed by atoms with Crippen LogP contribution in [-0.2, 0) is 6.54 Å². The van der Waals surface area contributed by atoms with E-state index in [0.29, 0.717) is 0 Å². The molecule has 3 nitrogen and oxygen atoms in total. The molecule has 2 aromatic rings. The molecule has 1 aromatic heterocycles. The van der Waals surface area contributed by atoms with Gasteiger partial charge in [0.05, 0.1) is 11.9 Å². The second kappa shape index (κ2) is 5.17. The summed E-state index contributed by atoms with van der Waals surface area (Å²) in [5.41, 5.74) is 6.40. The highest BCUT2D eigenvalue weighted by atomic mass is 15.2. The van der Waals surface area contributed by atoms with Crippen molar-refractivity contribution >= 4 is 0 Å². The van der Waals surface area contributed by atoms with Crippen molar-refractivity contribution in [3.8, 4) is 11.3 Å². The SMILES string of the molecule is Cc1ccc(-c2[nH]ncc2CN2CCCC2)cc1C. The minimum atomic E-state index is 1.01. The fourth-order valence-electron chi connectivity index (χ4n) is 2.76. The molecule has 0 bridgehead atoms. The van der Waals surface area contributed by atoms with E-state index in [0.717, 1.165) is 6.54 Å². The van der Waals surface area contributed by atoms with E-state index in [-0.39, 0.29) is 0 Å². The zero-order valence-corrected chi connectivity index (χ0v) is 11.7. The first-order chi connectivity index (χ1) is 9.24. The van der Waals surface area contributed by atoms with Gasteiger partial charge in [-0.1, -0.05) is 12.1 Å². The Hall–Kier alpha value is -1.61. The molecule has 0 radical (unpaired) electrons. The summed E-state index contributed by atoms with van der Waals surface area (Å²) in [6.45, 7) is 7.76. The maximum atomic E-state index is 4.24. The number of nitrogens with zero attached hydrogens (tertiary/aromatic N) is 2. The van der Waals surface area contributed by atoms with Gasteiger partial charge in [-0.25, -0.2) is 0 Å². The predicted octanol–water partition coefficient (Wildman–Crippen LogP) is 3.29. The highest BCUT2D eigenvalue weighted by Crippen LogP contribution is 2.25. The van der Waals surface area contributed by atoms with Gasteiger partial charge < -0.3 is 0 Å². The number of rotatable bonds is 3. The molecule has 0 spiro atoms. The van der Waals surface area contributed by atoms with E-state index in [2.05, 4.69) is 47.1 Å². The lowest BCUT2D eigenvalue weighted by atomic mass is 10.0. The lowest BCUT2D eigenvalue weighted by Crippen LogP contribution is -2.18. The molecule has 1 aliphatic heterocycles. The molecule has 0 atom stereocenters. The Morgan fingerprint density at radius 1 is 1.16 bits per heavy atom. The van der Waals surface area contributed by atoms with Crippen molar-refractivity contribution in [2.45, 2.75) is 33.2 Å². The van der Waals surface area contributed by atoms with E-state index in [1.165, 1.54) is 53.9 Å². The fourth-order valence-corrected chi connectivity index (χ4v) is 2.76. The Balaban J connectivity index is 1.87. The molecule has 0 saturated carbocycles. The summed E-state index contributed by atoms with van der Waals surface area (Å²) in [6.07, 6.45) is 4.64. The van der Waals surface area contributed by atoms with Crippen LogP contribution in [0.1, 0.15) is 29.5 Å². The number of benzene rings is 1. The van der Waals surface area contributed by atoms with Gasteiger partial charge >= 0.3 is 0 Å². The van der Waals surface area contributed by atoms with Gasteiger partial charge in [0.1, 0.15) is 0 Å². The highest BCUT2D eigenvalue weighted by Gasteiger charge is 2.15. The van der Waals surface area contributed by atoms with Crippen LogP contribution < -0.4 is 0 Å². The predicted molar refractivity (Wildman–Crippen MR) is 78.0 cm³/mol. The van der Waals surface area contributed by atoms with E-state index in [1.54, 1.807) is 0 Å². The lowest BCUT2D eigenvalue weighted by molar-refractivity contribution is 0.332. The van der Waals surface area contributed by atoms with Crippen molar-refractivity contribution in [3.05, 3.63) is 41.1 Å². The van der Waals surface area contributed by atoms with Crippen LogP contribution >= 0.6 is 0 Å². The Kier molecular flexibility index (Phi) is 3.38. The molecule has 0 unspecified atom stereocenters. The van der Waals surface area contributed by atoms with Gasteiger partial charge in [0.25, 0.3) is 0 Å². The summed E-state index contributed by atoms with van der Waals surface area (Å²) in [4.78, 5) is 2.51. The van der Waals surface area contributed by atoms with Gasteiger partial charge in [0, 0.05) is 17.7 Å². The van der Waals surface area contributed by atoms with Crippen LogP contribution in [0.5, 0.6) is 0 Å². The number of aromatic amines is 1. The summed E-state index contributed by atoms with van der Waals surface area (Å²) in [5.74, 6) is 0. The number of aromatic nitrogens is 2. The number of hydrogen-bond acceptors (Lipinski definition) is 2. The second-order valence-corrected chi connectivity index (χ2v) is 5.55. The first-order valence-electron chi connectivity index (χ1n) is 7.06. The molecule has 3 heteroatoms. The van der Waals surface area contributed by atoms with Crippen molar-refractivity contribution < 1.29 is 0 Å². The second-order valence-electron chi connectivity index (χ2n) is 5.55. The van der Waals surface area contributed by atoms with Gasteiger partial charge in [-0.3, -0.25) is 10.00 Å². The Bertz CT molecular complexity index is 565. The number of nitrogens with one attached hydrogen (secondary N) is 1. The van der Waals surface area contributed by atoms with Crippen molar-refractivity contribution in [1.82, 2.24) is 15.1 Å². The summed E-state index contributed by atoms with van der Waals surface area (Å²) >= 11 is 0. The van der Waals surface area contributed by atoms with Gasteiger partial charge in [0.15, 0.2) is 0 Å². The molecule has 3 rings (SSSR count). The minimum absolute atomic E-state index is 1.01. The number of likely N-dealkylation sites (tertiary alicyclic amines) is 1. The average molecular weight is 255 g/mol.